The molecule has 0 saturated heterocycles. The van der Waals surface area contributed by atoms with E-state index in [4.69, 9.17) is 4.74 Å². The Morgan fingerprint density at radius 3 is 2.70 bits per heavy atom. The van der Waals surface area contributed by atoms with E-state index in [2.05, 4.69) is 4.98 Å². The number of fused-ring (bicyclic) bond motifs is 1. The fourth-order valence-corrected chi connectivity index (χ4v) is 2.94. The van der Waals surface area contributed by atoms with Crippen LogP contribution in [-0.4, -0.2) is 25.6 Å². The Labute approximate surface area is 153 Å². The lowest BCUT2D eigenvalue weighted by Gasteiger charge is -2.14. The van der Waals surface area contributed by atoms with E-state index in [-0.39, 0.29) is 23.3 Å². The van der Waals surface area contributed by atoms with Crippen molar-refractivity contribution >= 4 is 16.7 Å². The molecule has 0 N–H and O–H groups in total. The molecule has 9 nitrogen and oxygen atoms in total. The highest BCUT2D eigenvalue weighted by atomic mass is 16.6. The summed E-state index contributed by atoms with van der Waals surface area (Å²) in [5.41, 5.74) is 0.181. The van der Waals surface area contributed by atoms with Crippen LogP contribution in [-0.2, 0) is 13.6 Å². The monoisotopic (exact) mass is 370 g/mol. The summed E-state index contributed by atoms with van der Waals surface area (Å²) >= 11 is 0. The Morgan fingerprint density at radius 1 is 1.30 bits per heavy atom. The fraction of sp³-hybridized carbons (Fsp3) is 0.278. The Morgan fingerprint density at radius 2 is 2.04 bits per heavy atom. The summed E-state index contributed by atoms with van der Waals surface area (Å²) in [7, 11) is 1.52. The lowest BCUT2D eigenvalue weighted by atomic mass is 10.2. The summed E-state index contributed by atoms with van der Waals surface area (Å²) in [6, 6.07) is 5.83. The van der Waals surface area contributed by atoms with Crippen molar-refractivity contribution in [1.82, 2.24) is 14.1 Å². The molecule has 0 atom stereocenters. The van der Waals surface area contributed by atoms with Crippen molar-refractivity contribution in [1.29, 1.82) is 0 Å². The maximum absolute atomic E-state index is 13.1. The molecule has 3 rings (SSSR count). The van der Waals surface area contributed by atoms with Crippen LogP contribution >= 0.6 is 0 Å². The molecule has 0 radical (unpaired) electrons. The van der Waals surface area contributed by atoms with Crippen LogP contribution in [0.15, 0.2) is 40.1 Å². The fourth-order valence-electron chi connectivity index (χ4n) is 2.94. The third-order valence-electron chi connectivity index (χ3n) is 4.23. The summed E-state index contributed by atoms with van der Waals surface area (Å²) in [4.78, 5) is 40.4. The molecule has 9 heteroatoms. The number of hydrogen-bond donors (Lipinski definition) is 0. The third-order valence-corrected chi connectivity index (χ3v) is 4.23. The van der Waals surface area contributed by atoms with E-state index < -0.39 is 16.2 Å². The van der Waals surface area contributed by atoms with E-state index in [1.54, 1.807) is 26.1 Å². The van der Waals surface area contributed by atoms with Gasteiger partial charge in [0.25, 0.3) is 11.2 Å². The van der Waals surface area contributed by atoms with Crippen LogP contribution in [0.4, 0.5) is 5.69 Å². The second kappa shape index (κ2) is 7.02. The van der Waals surface area contributed by atoms with Gasteiger partial charge in [-0.2, -0.15) is 0 Å². The summed E-state index contributed by atoms with van der Waals surface area (Å²) in [5, 5.41) is 11.2. The standard InChI is InChI=1S/C18H18N4O5/c1-4-27-15-11(2)9-19-16-14(15)17(23)21(18(24)20(16)3)10-12-6-5-7-13(8-12)22(25)26/h5-9H,4,10H2,1-3H3. The largest absolute Gasteiger partial charge is 0.493 e. The van der Waals surface area contributed by atoms with E-state index in [0.717, 1.165) is 4.57 Å². The summed E-state index contributed by atoms with van der Waals surface area (Å²) in [6.45, 7) is 3.83. The highest BCUT2D eigenvalue weighted by molar-refractivity contribution is 5.82. The van der Waals surface area contributed by atoms with Gasteiger partial charge in [0, 0.05) is 30.9 Å². The van der Waals surface area contributed by atoms with Crippen LogP contribution in [0.1, 0.15) is 18.1 Å². The topological polar surface area (TPSA) is 109 Å². The molecule has 0 bridgehead atoms. The van der Waals surface area contributed by atoms with Crippen molar-refractivity contribution in [2.75, 3.05) is 6.61 Å². The van der Waals surface area contributed by atoms with E-state index in [0.29, 0.717) is 23.5 Å². The number of ether oxygens (including phenoxy) is 1. The summed E-state index contributed by atoms with van der Waals surface area (Å²) in [6.07, 6.45) is 1.55. The molecular weight excluding hydrogens is 352 g/mol. The Balaban J connectivity index is 2.26. The van der Waals surface area contributed by atoms with Crippen LogP contribution in [0.25, 0.3) is 11.0 Å². The van der Waals surface area contributed by atoms with Gasteiger partial charge in [-0.25, -0.2) is 9.78 Å². The van der Waals surface area contributed by atoms with E-state index in [9.17, 15) is 19.7 Å². The van der Waals surface area contributed by atoms with Crippen LogP contribution < -0.4 is 16.0 Å². The maximum atomic E-state index is 13.1. The molecule has 2 aromatic heterocycles. The zero-order chi connectivity index (χ0) is 19.7. The first-order valence-electron chi connectivity index (χ1n) is 8.30. The minimum Gasteiger partial charge on any atom is -0.493 e. The van der Waals surface area contributed by atoms with Crippen LogP contribution in [0.5, 0.6) is 5.75 Å². The zero-order valence-electron chi connectivity index (χ0n) is 15.1. The predicted octanol–water partition coefficient (Wildman–Crippen LogP) is 1.76. The molecule has 0 aliphatic carbocycles. The molecule has 0 saturated carbocycles. The van der Waals surface area contributed by atoms with E-state index in [1.807, 2.05) is 0 Å². The second-order valence-electron chi connectivity index (χ2n) is 6.06. The van der Waals surface area contributed by atoms with Crippen molar-refractivity contribution in [2.45, 2.75) is 20.4 Å². The molecule has 1 aromatic carbocycles. The van der Waals surface area contributed by atoms with Crippen molar-refractivity contribution in [3.63, 3.8) is 0 Å². The van der Waals surface area contributed by atoms with Crippen LogP contribution in [0, 0.1) is 17.0 Å². The number of pyridine rings is 1. The van der Waals surface area contributed by atoms with Crippen molar-refractivity contribution in [3.05, 3.63) is 72.5 Å². The SMILES string of the molecule is CCOc1c(C)cnc2c1c(=O)n(Cc1cccc([N+](=O)[O-])c1)c(=O)n2C. The summed E-state index contributed by atoms with van der Waals surface area (Å²) < 4.78 is 7.93. The zero-order valence-corrected chi connectivity index (χ0v) is 15.1. The average Bonchev–Trinajstić information content (AvgIpc) is 2.65. The molecular formula is C18H18N4O5. The molecule has 3 aromatic rings. The molecule has 0 aliphatic rings. The predicted molar refractivity (Wildman–Crippen MR) is 99.3 cm³/mol. The minimum absolute atomic E-state index is 0.0946. The molecule has 0 unspecified atom stereocenters. The number of nitro groups is 1. The normalized spacial score (nSPS) is 10.9. The molecule has 140 valence electrons. The van der Waals surface area contributed by atoms with Gasteiger partial charge in [0.1, 0.15) is 11.1 Å². The number of aromatic nitrogens is 3. The minimum atomic E-state index is -0.558. The highest BCUT2D eigenvalue weighted by Gasteiger charge is 2.18. The first kappa shape index (κ1) is 18.3. The molecule has 27 heavy (non-hydrogen) atoms. The molecule has 0 fully saturated rings. The van der Waals surface area contributed by atoms with Crippen molar-refractivity contribution < 1.29 is 9.66 Å². The Bertz CT molecular complexity index is 1160. The highest BCUT2D eigenvalue weighted by Crippen LogP contribution is 2.24. The number of aryl methyl sites for hydroxylation is 2. The Hall–Kier alpha value is -3.49. The lowest BCUT2D eigenvalue weighted by molar-refractivity contribution is -0.384. The van der Waals surface area contributed by atoms with E-state index >= 15 is 0 Å². The quantitative estimate of drug-likeness (QED) is 0.500. The number of benzene rings is 1. The maximum Gasteiger partial charge on any atom is 0.332 e. The van der Waals surface area contributed by atoms with Crippen LogP contribution in [0.2, 0.25) is 0 Å². The first-order valence-corrected chi connectivity index (χ1v) is 8.30. The van der Waals surface area contributed by atoms with Gasteiger partial charge >= 0.3 is 5.69 Å². The van der Waals surface area contributed by atoms with Gasteiger partial charge in [-0.1, -0.05) is 12.1 Å². The van der Waals surface area contributed by atoms with Crippen LogP contribution in [0.3, 0.4) is 0 Å². The van der Waals surface area contributed by atoms with E-state index in [1.165, 1.54) is 29.8 Å². The number of non-ortho nitro benzene ring substituents is 1. The van der Waals surface area contributed by atoms with Crippen molar-refractivity contribution in [2.24, 2.45) is 7.05 Å². The lowest BCUT2D eigenvalue weighted by Crippen LogP contribution is -2.39. The molecule has 2 heterocycles. The first-order chi connectivity index (χ1) is 12.8. The average molecular weight is 370 g/mol. The van der Waals surface area contributed by atoms with Crippen molar-refractivity contribution in [3.8, 4) is 5.75 Å². The van der Waals surface area contributed by atoms with Gasteiger partial charge in [-0.15, -0.1) is 0 Å². The van der Waals surface area contributed by atoms with Gasteiger partial charge in [-0.3, -0.25) is 24.0 Å². The van der Waals surface area contributed by atoms with Gasteiger partial charge in [0.2, 0.25) is 0 Å². The molecule has 0 aliphatic heterocycles. The van der Waals surface area contributed by atoms with Gasteiger partial charge < -0.3 is 4.74 Å². The van der Waals surface area contributed by atoms with Gasteiger partial charge in [0.05, 0.1) is 18.1 Å². The number of nitro benzene ring substituents is 1. The number of nitrogens with zero attached hydrogens (tertiary/aromatic N) is 4. The summed E-state index contributed by atoms with van der Waals surface area (Å²) in [5.74, 6) is 0.385. The second-order valence-corrected chi connectivity index (χ2v) is 6.06. The van der Waals surface area contributed by atoms with Gasteiger partial charge in [-0.05, 0) is 19.4 Å². The molecule has 0 spiro atoms. The Kier molecular flexibility index (Phi) is 4.76. The smallest absolute Gasteiger partial charge is 0.332 e. The third kappa shape index (κ3) is 3.19. The molecule has 0 amide bonds. The number of hydrogen-bond acceptors (Lipinski definition) is 6. The number of rotatable bonds is 5. The van der Waals surface area contributed by atoms with Gasteiger partial charge in [0.15, 0.2) is 5.65 Å².